The highest BCUT2D eigenvalue weighted by atomic mass is 35.5. The van der Waals surface area contributed by atoms with Crippen molar-refractivity contribution >= 4 is 34.3 Å². The molecule has 3 aromatic rings. The van der Waals surface area contributed by atoms with E-state index in [0.717, 1.165) is 12.3 Å². The quantitative estimate of drug-likeness (QED) is 0.742. The van der Waals surface area contributed by atoms with Crippen molar-refractivity contribution in [1.82, 2.24) is 15.0 Å². The van der Waals surface area contributed by atoms with E-state index in [1.54, 1.807) is 0 Å². The monoisotopic (exact) mass is 363 g/mol. The zero-order chi connectivity index (χ0) is 16.9. The second kappa shape index (κ2) is 5.24. The topological polar surface area (TPSA) is 71.8 Å². The van der Waals surface area contributed by atoms with Crippen LogP contribution < -0.4 is 5.76 Å². The Morgan fingerprint density at radius 1 is 1.35 bits per heavy atom. The minimum Gasteiger partial charge on any atom is -0.407 e. The molecule has 0 saturated carbocycles. The first kappa shape index (κ1) is 15.8. The van der Waals surface area contributed by atoms with Gasteiger partial charge in [0.25, 0.3) is 5.92 Å². The second-order valence-electron chi connectivity index (χ2n) is 4.72. The lowest BCUT2D eigenvalue weighted by Gasteiger charge is -2.11. The van der Waals surface area contributed by atoms with Crippen LogP contribution in [0.2, 0.25) is 10.2 Å². The molecule has 0 saturated heterocycles. The third-order valence-electron chi connectivity index (χ3n) is 3.02. The molecular weight excluding hydrogens is 358 g/mol. The van der Waals surface area contributed by atoms with Gasteiger partial charge in [-0.15, -0.1) is 0 Å². The molecule has 0 aliphatic carbocycles. The molecule has 0 amide bonds. The third kappa shape index (κ3) is 2.68. The maximum absolute atomic E-state index is 13.9. The van der Waals surface area contributed by atoms with Crippen molar-refractivity contribution in [1.29, 1.82) is 0 Å². The van der Waals surface area contributed by atoms with E-state index < -0.39 is 28.3 Å². The molecule has 2 aromatic heterocycles. The molecule has 0 aliphatic rings. The number of nitrogens with one attached hydrogen (secondary N) is 1. The third-order valence-corrected chi connectivity index (χ3v) is 3.65. The van der Waals surface area contributed by atoms with Gasteiger partial charge in [-0.2, -0.15) is 8.78 Å². The van der Waals surface area contributed by atoms with Crippen molar-refractivity contribution in [2.45, 2.75) is 12.8 Å². The number of fused-ring (bicyclic) bond motifs is 1. The Balaban J connectivity index is 2.27. The molecule has 1 N–H and O–H groups in total. The summed E-state index contributed by atoms with van der Waals surface area (Å²) in [5.74, 6) is -5.00. The van der Waals surface area contributed by atoms with Gasteiger partial charge in [0.2, 0.25) is 0 Å². The molecule has 10 heteroatoms. The Bertz CT molecular complexity index is 979. The van der Waals surface area contributed by atoms with E-state index in [9.17, 15) is 18.0 Å². The molecular formula is C13H6Cl2F3N3O2. The minimum absolute atomic E-state index is 0.000574. The molecule has 2 heterocycles. The molecule has 0 spiro atoms. The predicted octanol–water partition coefficient (Wildman–Crippen LogP) is 4.14. The number of aromatic nitrogens is 3. The lowest BCUT2D eigenvalue weighted by Crippen LogP contribution is -2.11. The van der Waals surface area contributed by atoms with Crippen LogP contribution in [0.3, 0.4) is 0 Å². The summed E-state index contributed by atoms with van der Waals surface area (Å²) in [6.07, 6.45) is 0.980. The summed E-state index contributed by atoms with van der Waals surface area (Å²) in [6.45, 7) is 0.619. The first-order chi connectivity index (χ1) is 10.7. The molecule has 0 fully saturated rings. The lowest BCUT2D eigenvalue weighted by atomic mass is 10.1. The van der Waals surface area contributed by atoms with Crippen molar-refractivity contribution in [3.05, 3.63) is 44.5 Å². The van der Waals surface area contributed by atoms with Crippen LogP contribution in [0.5, 0.6) is 0 Å². The van der Waals surface area contributed by atoms with Crippen LogP contribution in [0.25, 0.3) is 22.4 Å². The van der Waals surface area contributed by atoms with E-state index in [4.69, 9.17) is 27.6 Å². The molecule has 0 radical (unpaired) electrons. The summed E-state index contributed by atoms with van der Waals surface area (Å²) in [5, 5.41) is -0.887. The summed E-state index contributed by atoms with van der Waals surface area (Å²) in [6, 6.07) is 0.950. The predicted molar refractivity (Wildman–Crippen MR) is 77.4 cm³/mol. The second-order valence-corrected chi connectivity index (χ2v) is 5.46. The number of H-pyrrole nitrogens is 1. The summed E-state index contributed by atoms with van der Waals surface area (Å²) < 4.78 is 45.4. The van der Waals surface area contributed by atoms with Gasteiger partial charge in [-0.25, -0.2) is 19.2 Å². The Morgan fingerprint density at radius 3 is 2.65 bits per heavy atom. The lowest BCUT2D eigenvalue weighted by molar-refractivity contribution is 0.0125. The summed E-state index contributed by atoms with van der Waals surface area (Å²) in [4.78, 5) is 20.9. The molecule has 0 bridgehead atoms. The fraction of sp³-hybridized carbons (Fsp3) is 0.154. The van der Waals surface area contributed by atoms with E-state index >= 15 is 0 Å². The van der Waals surface area contributed by atoms with Gasteiger partial charge in [0.05, 0.1) is 11.9 Å². The number of benzene rings is 1. The zero-order valence-corrected chi connectivity index (χ0v) is 12.8. The zero-order valence-electron chi connectivity index (χ0n) is 11.3. The smallest absolute Gasteiger partial charge is 0.407 e. The van der Waals surface area contributed by atoms with E-state index in [0.29, 0.717) is 6.92 Å². The van der Waals surface area contributed by atoms with E-state index in [-0.39, 0.29) is 27.4 Å². The van der Waals surface area contributed by atoms with Crippen molar-refractivity contribution in [3.8, 4) is 11.3 Å². The van der Waals surface area contributed by atoms with Crippen LogP contribution in [-0.4, -0.2) is 15.0 Å². The number of hydrogen-bond acceptors (Lipinski definition) is 4. The van der Waals surface area contributed by atoms with Crippen LogP contribution in [0.15, 0.2) is 21.5 Å². The Hall–Kier alpha value is -2.06. The molecule has 120 valence electrons. The molecule has 0 atom stereocenters. The minimum atomic E-state index is -3.29. The van der Waals surface area contributed by atoms with Crippen LogP contribution in [0.4, 0.5) is 13.2 Å². The standard InChI is InChI=1S/C13H6Cl2F3N3O2/c1-13(17,18)10-11(15)20-6(3-19-10)4-2-5(16)7(14)8-9(4)23-12(22)21-8/h2-3H,1H3,(H,21,22). The maximum atomic E-state index is 13.9. The number of aromatic amines is 1. The molecule has 23 heavy (non-hydrogen) atoms. The number of oxazole rings is 1. The molecule has 0 aliphatic heterocycles. The van der Waals surface area contributed by atoms with Gasteiger partial charge < -0.3 is 4.42 Å². The van der Waals surface area contributed by atoms with Crippen molar-refractivity contribution in [2.24, 2.45) is 0 Å². The van der Waals surface area contributed by atoms with Crippen molar-refractivity contribution in [3.63, 3.8) is 0 Å². The highest BCUT2D eigenvalue weighted by Gasteiger charge is 2.30. The van der Waals surface area contributed by atoms with Gasteiger partial charge in [-0.1, -0.05) is 23.2 Å². The average Bonchev–Trinajstić information content (AvgIpc) is 2.83. The molecule has 1 aromatic carbocycles. The molecule has 5 nitrogen and oxygen atoms in total. The van der Waals surface area contributed by atoms with E-state index in [1.807, 2.05) is 0 Å². The maximum Gasteiger partial charge on any atom is 0.417 e. The molecule has 0 unspecified atom stereocenters. The number of halogens is 5. The van der Waals surface area contributed by atoms with Gasteiger partial charge in [0, 0.05) is 12.5 Å². The fourth-order valence-electron chi connectivity index (χ4n) is 2.03. The van der Waals surface area contributed by atoms with Crippen LogP contribution in [0.1, 0.15) is 12.6 Å². The first-order valence-corrected chi connectivity index (χ1v) is 6.86. The molecule has 3 rings (SSSR count). The van der Waals surface area contributed by atoms with Gasteiger partial charge in [-0.05, 0) is 6.07 Å². The SMILES string of the molecule is CC(F)(F)c1ncc(-c2cc(F)c(Cl)c3[nH]c(=O)oc23)nc1Cl. The van der Waals surface area contributed by atoms with Crippen molar-refractivity contribution in [2.75, 3.05) is 0 Å². The Labute approximate surface area is 136 Å². The number of nitrogens with zero attached hydrogens (tertiary/aromatic N) is 2. The Kier molecular flexibility index (Phi) is 3.61. The van der Waals surface area contributed by atoms with Crippen LogP contribution in [-0.2, 0) is 5.92 Å². The first-order valence-electron chi connectivity index (χ1n) is 6.10. The summed E-state index contributed by atoms with van der Waals surface area (Å²) >= 11 is 11.5. The number of alkyl halides is 2. The summed E-state index contributed by atoms with van der Waals surface area (Å²) in [5.41, 5.74) is -0.923. The summed E-state index contributed by atoms with van der Waals surface area (Å²) in [7, 11) is 0. The largest absolute Gasteiger partial charge is 0.417 e. The normalized spacial score (nSPS) is 12.1. The van der Waals surface area contributed by atoms with Crippen molar-refractivity contribution < 1.29 is 17.6 Å². The van der Waals surface area contributed by atoms with Gasteiger partial charge in [0.1, 0.15) is 22.1 Å². The number of hydrogen-bond donors (Lipinski definition) is 1. The van der Waals surface area contributed by atoms with E-state index in [2.05, 4.69) is 15.0 Å². The van der Waals surface area contributed by atoms with Crippen LogP contribution in [0, 0.1) is 5.82 Å². The highest BCUT2D eigenvalue weighted by Crippen LogP contribution is 2.35. The van der Waals surface area contributed by atoms with Gasteiger partial charge in [0.15, 0.2) is 10.7 Å². The van der Waals surface area contributed by atoms with Gasteiger partial charge >= 0.3 is 5.76 Å². The van der Waals surface area contributed by atoms with Gasteiger partial charge in [-0.3, -0.25) is 4.98 Å². The fourth-order valence-corrected chi connectivity index (χ4v) is 2.52. The number of rotatable bonds is 2. The Morgan fingerprint density at radius 2 is 2.04 bits per heavy atom. The average molecular weight is 364 g/mol. The highest BCUT2D eigenvalue weighted by molar-refractivity contribution is 6.35. The van der Waals surface area contributed by atoms with E-state index in [1.165, 1.54) is 0 Å². The van der Waals surface area contributed by atoms with Crippen LogP contribution >= 0.6 is 23.2 Å².